The van der Waals surface area contributed by atoms with Crippen LogP contribution in [0, 0.1) is 5.92 Å². The molecule has 1 saturated heterocycles. The topological polar surface area (TPSA) is 24.9 Å². The van der Waals surface area contributed by atoms with Gasteiger partial charge >= 0.3 is 6.18 Å². The molecule has 1 aromatic heterocycles. The van der Waals surface area contributed by atoms with Crippen LogP contribution in [0.25, 0.3) is 0 Å². The van der Waals surface area contributed by atoms with Crippen molar-refractivity contribution in [3.63, 3.8) is 0 Å². The first-order valence-electron chi connectivity index (χ1n) is 7.34. The lowest BCUT2D eigenvalue weighted by molar-refractivity contribution is -0.137. The first kappa shape index (κ1) is 17.1. The maximum Gasteiger partial charge on any atom is 0.443 e. The molecule has 0 spiro atoms. The summed E-state index contributed by atoms with van der Waals surface area (Å²) in [4.78, 5) is 4.28. The number of aromatic nitrogens is 1. The summed E-state index contributed by atoms with van der Waals surface area (Å²) in [5, 5.41) is 2.66. The standard InChI is InChI=1S/C14H21F3N2S2/c1-2-5-18-11(8-10-3-6-20-7-4-10)12-9-19-13(21-12)14(15,16)17/h9-11,18H,2-8H2,1H3. The van der Waals surface area contributed by atoms with E-state index < -0.39 is 11.2 Å². The van der Waals surface area contributed by atoms with Gasteiger partial charge in [0.25, 0.3) is 0 Å². The molecule has 2 heterocycles. The van der Waals surface area contributed by atoms with Crippen molar-refractivity contribution in [3.8, 4) is 0 Å². The zero-order valence-corrected chi connectivity index (χ0v) is 13.7. The van der Waals surface area contributed by atoms with E-state index in [4.69, 9.17) is 0 Å². The molecule has 21 heavy (non-hydrogen) atoms. The molecule has 1 atom stereocenters. The third kappa shape index (κ3) is 5.14. The zero-order chi connectivity index (χ0) is 15.3. The SMILES string of the molecule is CCCNC(CC1CCSCC1)c1cnc(C(F)(F)F)s1. The van der Waals surface area contributed by atoms with E-state index in [0.29, 0.717) is 10.8 Å². The monoisotopic (exact) mass is 338 g/mol. The molecule has 0 saturated carbocycles. The van der Waals surface area contributed by atoms with Crippen molar-refractivity contribution in [2.24, 2.45) is 5.92 Å². The van der Waals surface area contributed by atoms with E-state index >= 15 is 0 Å². The molecule has 2 rings (SSSR count). The van der Waals surface area contributed by atoms with Gasteiger partial charge in [-0.25, -0.2) is 4.98 Å². The van der Waals surface area contributed by atoms with Gasteiger partial charge in [0.1, 0.15) is 0 Å². The highest BCUT2D eigenvalue weighted by Gasteiger charge is 2.35. The molecule has 1 fully saturated rings. The maximum absolute atomic E-state index is 12.7. The highest BCUT2D eigenvalue weighted by molar-refractivity contribution is 7.99. The quantitative estimate of drug-likeness (QED) is 0.811. The molecule has 0 aromatic carbocycles. The molecule has 1 aliphatic heterocycles. The van der Waals surface area contributed by atoms with Crippen LogP contribution in [-0.2, 0) is 6.18 Å². The minimum Gasteiger partial charge on any atom is -0.309 e. The van der Waals surface area contributed by atoms with Crippen molar-refractivity contribution in [2.45, 2.75) is 44.8 Å². The van der Waals surface area contributed by atoms with Crippen molar-refractivity contribution in [3.05, 3.63) is 16.1 Å². The fourth-order valence-corrected chi connectivity index (χ4v) is 4.59. The molecule has 7 heteroatoms. The largest absolute Gasteiger partial charge is 0.443 e. The summed E-state index contributed by atoms with van der Waals surface area (Å²) in [5.41, 5.74) is 0. The summed E-state index contributed by atoms with van der Waals surface area (Å²) in [7, 11) is 0. The number of hydrogen-bond acceptors (Lipinski definition) is 4. The van der Waals surface area contributed by atoms with E-state index in [1.165, 1.54) is 30.5 Å². The highest BCUT2D eigenvalue weighted by Crippen LogP contribution is 2.37. The van der Waals surface area contributed by atoms with Crippen LogP contribution in [0.2, 0.25) is 0 Å². The third-order valence-electron chi connectivity index (χ3n) is 3.66. The van der Waals surface area contributed by atoms with Crippen LogP contribution < -0.4 is 5.32 Å². The van der Waals surface area contributed by atoms with E-state index in [1.54, 1.807) is 0 Å². The molecule has 120 valence electrons. The summed E-state index contributed by atoms with van der Waals surface area (Å²) < 4.78 is 38.1. The second-order valence-corrected chi connectivity index (χ2v) is 7.65. The fourth-order valence-electron chi connectivity index (χ4n) is 2.51. The lowest BCUT2D eigenvalue weighted by atomic mass is 9.93. The van der Waals surface area contributed by atoms with Gasteiger partial charge in [-0.15, -0.1) is 11.3 Å². The molecular weight excluding hydrogens is 317 g/mol. The number of nitrogens with zero attached hydrogens (tertiary/aromatic N) is 1. The van der Waals surface area contributed by atoms with Crippen molar-refractivity contribution in [2.75, 3.05) is 18.1 Å². The number of thioether (sulfide) groups is 1. The number of rotatable bonds is 6. The first-order chi connectivity index (χ1) is 10.0. The van der Waals surface area contributed by atoms with Crippen LogP contribution in [-0.4, -0.2) is 23.0 Å². The fraction of sp³-hybridized carbons (Fsp3) is 0.786. The second kappa shape index (κ2) is 7.83. The number of alkyl halides is 3. The molecule has 1 unspecified atom stereocenters. The van der Waals surface area contributed by atoms with Gasteiger partial charge in [0.15, 0.2) is 5.01 Å². The van der Waals surface area contributed by atoms with Crippen LogP contribution in [0.3, 0.4) is 0 Å². The van der Waals surface area contributed by atoms with Gasteiger partial charge in [-0.3, -0.25) is 0 Å². The van der Waals surface area contributed by atoms with E-state index in [1.807, 2.05) is 11.8 Å². The van der Waals surface area contributed by atoms with E-state index in [-0.39, 0.29) is 6.04 Å². The van der Waals surface area contributed by atoms with Gasteiger partial charge in [-0.2, -0.15) is 24.9 Å². The first-order valence-corrected chi connectivity index (χ1v) is 9.32. The Hall–Kier alpha value is -0.270. The van der Waals surface area contributed by atoms with Gasteiger partial charge in [0, 0.05) is 17.1 Å². The summed E-state index contributed by atoms with van der Waals surface area (Å²) in [6.07, 6.45) is 1.29. The van der Waals surface area contributed by atoms with Crippen LogP contribution in [0.1, 0.15) is 48.5 Å². The van der Waals surface area contributed by atoms with Crippen molar-refractivity contribution in [1.29, 1.82) is 0 Å². The van der Waals surface area contributed by atoms with Crippen LogP contribution in [0.5, 0.6) is 0 Å². The van der Waals surface area contributed by atoms with Gasteiger partial charge in [-0.1, -0.05) is 6.92 Å². The third-order valence-corrected chi connectivity index (χ3v) is 5.86. The molecule has 0 aliphatic carbocycles. The van der Waals surface area contributed by atoms with Crippen molar-refractivity contribution >= 4 is 23.1 Å². The average molecular weight is 338 g/mol. The van der Waals surface area contributed by atoms with E-state index in [0.717, 1.165) is 30.7 Å². The van der Waals surface area contributed by atoms with Crippen LogP contribution in [0.15, 0.2) is 6.20 Å². The highest BCUT2D eigenvalue weighted by atomic mass is 32.2. The van der Waals surface area contributed by atoms with Gasteiger partial charge in [0.2, 0.25) is 0 Å². The molecule has 1 aliphatic rings. The summed E-state index contributed by atoms with van der Waals surface area (Å²) >= 11 is 2.75. The minimum absolute atomic E-state index is 0.00616. The van der Waals surface area contributed by atoms with Gasteiger partial charge in [0.05, 0.1) is 0 Å². The Morgan fingerprint density at radius 1 is 1.38 bits per heavy atom. The number of hydrogen-bond donors (Lipinski definition) is 1. The van der Waals surface area contributed by atoms with Gasteiger partial charge < -0.3 is 5.32 Å². The summed E-state index contributed by atoms with van der Waals surface area (Å²) in [5.74, 6) is 2.94. The average Bonchev–Trinajstić information content (AvgIpc) is 2.94. The number of nitrogens with one attached hydrogen (secondary N) is 1. The molecule has 2 nitrogen and oxygen atoms in total. The van der Waals surface area contributed by atoms with E-state index in [9.17, 15) is 13.2 Å². The molecule has 1 N–H and O–H groups in total. The smallest absolute Gasteiger partial charge is 0.309 e. The molecule has 1 aromatic rings. The predicted octanol–water partition coefficient (Wildman–Crippen LogP) is 4.74. The summed E-state index contributed by atoms with van der Waals surface area (Å²) in [6, 6.07) is 0.00616. The Kier molecular flexibility index (Phi) is 6.37. The van der Waals surface area contributed by atoms with Crippen molar-refractivity contribution < 1.29 is 13.2 Å². The van der Waals surface area contributed by atoms with Gasteiger partial charge in [-0.05, 0) is 49.7 Å². The van der Waals surface area contributed by atoms with Crippen molar-refractivity contribution in [1.82, 2.24) is 10.3 Å². The Balaban J connectivity index is 2.05. The predicted molar refractivity (Wildman–Crippen MR) is 82.8 cm³/mol. The molecule has 0 radical (unpaired) electrons. The normalized spacial score (nSPS) is 18.9. The molecule has 0 bridgehead atoms. The minimum atomic E-state index is -4.33. The Morgan fingerprint density at radius 3 is 2.67 bits per heavy atom. The lowest BCUT2D eigenvalue weighted by Crippen LogP contribution is -2.25. The van der Waals surface area contributed by atoms with Crippen LogP contribution >= 0.6 is 23.1 Å². The summed E-state index contributed by atoms with van der Waals surface area (Å²) in [6.45, 7) is 2.89. The Morgan fingerprint density at radius 2 is 2.10 bits per heavy atom. The number of halogens is 3. The number of thiazole rings is 1. The molecular formula is C14H21F3N2S2. The van der Waals surface area contributed by atoms with E-state index in [2.05, 4.69) is 17.2 Å². The Bertz CT molecular complexity index is 428. The van der Waals surface area contributed by atoms with Crippen LogP contribution in [0.4, 0.5) is 13.2 Å². The Labute approximate surface area is 131 Å². The maximum atomic E-state index is 12.7. The zero-order valence-electron chi connectivity index (χ0n) is 12.1. The molecule has 0 amide bonds. The lowest BCUT2D eigenvalue weighted by Gasteiger charge is -2.26. The second-order valence-electron chi connectivity index (χ2n) is 5.36.